The minimum Gasteiger partial charge on any atom is -0.455 e. The average Bonchev–Trinajstić information content (AvgIpc) is 3.72. The Kier molecular flexibility index (Phi) is 9.91. The maximum Gasteiger partial charge on any atom is 0.313 e. The fraction of sp³-hybridized carbons (Fsp3) is 0.333. The predicted molar refractivity (Wildman–Crippen MR) is 194 cm³/mol. The molecule has 3 aromatic carbocycles. The lowest BCUT2D eigenvalue weighted by Crippen LogP contribution is -2.57. The van der Waals surface area contributed by atoms with E-state index in [4.69, 9.17) is 21.1 Å². The van der Waals surface area contributed by atoms with Crippen molar-refractivity contribution in [3.8, 4) is 0 Å². The van der Waals surface area contributed by atoms with Gasteiger partial charge in [0.05, 0.1) is 35.8 Å². The second-order valence-corrected chi connectivity index (χ2v) is 14.5. The Bertz CT molecular complexity index is 1890. The first-order valence-electron chi connectivity index (χ1n) is 16.9. The van der Waals surface area contributed by atoms with E-state index < -0.39 is 66.1 Å². The number of amides is 3. The van der Waals surface area contributed by atoms with Crippen molar-refractivity contribution in [2.45, 2.75) is 49.7 Å². The summed E-state index contributed by atoms with van der Waals surface area (Å²) in [6.07, 6.45) is 4.13. The largest absolute Gasteiger partial charge is 0.455 e. The second kappa shape index (κ2) is 14.4. The van der Waals surface area contributed by atoms with E-state index in [2.05, 4.69) is 21.2 Å². The highest BCUT2D eigenvalue weighted by atomic mass is 79.9. The van der Waals surface area contributed by atoms with E-state index in [-0.39, 0.29) is 25.4 Å². The van der Waals surface area contributed by atoms with Gasteiger partial charge in [-0.25, -0.2) is 0 Å². The number of nitrogens with zero attached hydrogens (tertiary/aromatic N) is 2. The maximum absolute atomic E-state index is 15.4. The zero-order valence-electron chi connectivity index (χ0n) is 27.8. The van der Waals surface area contributed by atoms with Crippen LogP contribution in [0.3, 0.4) is 0 Å². The summed E-state index contributed by atoms with van der Waals surface area (Å²) < 4.78 is 13.4. The first-order chi connectivity index (χ1) is 24.7. The lowest BCUT2D eigenvalue weighted by molar-refractivity contribution is -0.160. The molecule has 4 heterocycles. The number of allylic oxidation sites excluding steroid dienone is 1. The number of fused-ring (bicyclic) bond motifs is 2. The van der Waals surface area contributed by atoms with Crippen LogP contribution in [0.2, 0.25) is 5.02 Å². The van der Waals surface area contributed by atoms with Crippen LogP contribution >= 0.6 is 27.5 Å². The summed E-state index contributed by atoms with van der Waals surface area (Å²) in [6.45, 7) is 1.43. The average molecular weight is 775 g/mol. The number of carbonyl (C=O) groups excluding carboxylic acids is 4. The lowest BCUT2D eigenvalue weighted by Gasteiger charge is -2.39. The molecule has 0 radical (unpaired) electrons. The Balaban J connectivity index is 1.40. The number of carbonyl (C=O) groups is 4. The van der Waals surface area contributed by atoms with E-state index in [0.29, 0.717) is 32.7 Å². The maximum atomic E-state index is 15.4. The van der Waals surface area contributed by atoms with Crippen LogP contribution in [0.4, 0.5) is 5.69 Å². The quantitative estimate of drug-likeness (QED) is 0.265. The molecule has 5 bridgehead atoms. The highest BCUT2D eigenvalue weighted by molar-refractivity contribution is 9.11. The number of halogens is 2. The van der Waals surface area contributed by atoms with Crippen LogP contribution in [0.25, 0.3) is 0 Å². The Labute approximate surface area is 309 Å². The van der Waals surface area contributed by atoms with Gasteiger partial charge in [0.1, 0.15) is 29.8 Å². The number of aryl methyl sites for hydroxylation is 1. The van der Waals surface area contributed by atoms with Gasteiger partial charge in [-0.15, -0.1) is 0 Å². The van der Waals surface area contributed by atoms with Crippen molar-refractivity contribution in [1.29, 1.82) is 0 Å². The molecule has 0 saturated carbocycles. The number of benzene rings is 3. The summed E-state index contributed by atoms with van der Waals surface area (Å²) in [6, 6.07) is 21.1. The number of likely N-dealkylation sites (tertiary alicyclic amines) is 1. The van der Waals surface area contributed by atoms with Crippen LogP contribution in [-0.4, -0.2) is 71.1 Å². The molecule has 51 heavy (non-hydrogen) atoms. The molecular formula is C39H37BrClN3O7. The number of hydrogen-bond donors (Lipinski definition) is 2. The van der Waals surface area contributed by atoms with Gasteiger partial charge in [0.25, 0.3) is 5.91 Å². The Hall–Kier alpha value is -4.29. The van der Waals surface area contributed by atoms with Gasteiger partial charge in [-0.05, 0) is 42.2 Å². The molecular weight excluding hydrogens is 738 g/mol. The number of para-hydroxylation sites is 1. The number of nitrogens with one attached hydrogen (secondary N) is 1. The van der Waals surface area contributed by atoms with Crippen LogP contribution in [0.5, 0.6) is 0 Å². The van der Waals surface area contributed by atoms with Crippen molar-refractivity contribution in [3.05, 3.63) is 123 Å². The van der Waals surface area contributed by atoms with Gasteiger partial charge in [0.2, 0.25) is 11.8 Å². The van der Waals surface area contributed by atoms with E-state index in [0.717, 1.165) is 5.56 Å². The SMILES string of the molecule is Cc1cccc(Cl)c1N1C/C=C\CCC(=O)NC[C@H](c2ccccc2)OC(=O)[C@H]2[C@@H]3O[C@@]4(C=C3Br)[C@@H]2C(=O)N([C@H](CO)c2ccccc2)[C@@H]4C1=O. The number of esters is 1. The number of rotatable bonds is 5. The Morgan fingerprint density at radius 1 is 0.980 bits per heavy atom. The van der Waals surface area contributed by atoms with Crippen molar-refractivity contribution in [3.63, 3.8) is 0 Å². The normalized spacial score (nSPS) is 29.3. The highest BCUT2D eigenvalue weighted by Crippen LogP contribution is 2.60. The van der Waals surface area contributed by atoms with E-state index in [1.165, 1.54) is 9.80 Å². The smallest absolute Gasteiger partial charge is 0.313 e. The predicted octanol–water partition coefficient (Wildman–Crippen LogP) is 5.34. The molecule has 10 nitrogen and oxygen atoms in total. The van der Waals surface area contributed by atoms with Gasteiger partial charge in [-0.3, -0.25) is 19.2 Å². The van der Waals surface area contributed by atoms with Crippen LogP contribution in [0, 0.1) is 18.8 Å². The molecule has 7 rings (SSSR count). The van der Waals surface area contributed by atoms with Gasteiger partial charge in [-0.2, -0.15) is 0 Å². The molecule has 3 amide bonds. The molecule has 2 fully saturated rings. The Morgan fingerprint density at radius 2 is 1.71 bits per heavy atom. The fourth-order valence-electron chi connectivity index (χ4n) is 7.90. The molecule has 3 aromatic rings. The third-order valence-corrected chi connectivity index (χ3v) is 11.2. The standard InChI is InChI=1S/C39H37BrClN3O7/c1-23-12-11-17-27(41)33(23)43-19-10-4-9-18-30(46)42-21-29(25-15-7-3-8-16-25)50-38(49)31-32-36(47)44(28(22-45)24-13-5-2-6-14-24)35(37(43)48)39(32)20-26(40)34(31)51-39/h2-8,10-17,20,28-29,31-32,34-35,45H,9,18-19,21-22H2,1H3,(H,42,46)/b10-4-/t28-,29-,31-,32+,34-,35-,39+/m1/s1. The molecule has 0 aromatic heterocycles. The molecule has 2 N–H and O–H groups in total. The molecule has 4 aliphatic rings. The zero-order chi connectivity index (χ0) is 35.9. The van der Waals surface area contributed by atoms with Crippen LogP contribution in [0.15, 0.2) is 102 Å². The minimum absolute atomic E-state index is 0.0186. The van der Waals surface area contributed by atoms with Gasteiger partial charge >= 0.3 is 5.97 Å². The first kappa shape index (κ1) is 35.1. The summed E-state index contributed by atoms with van der Waals surface area (Å²) in [7, 11) is 0. The number of hydrogen-bond acceptors (Lipinski definition) is 7. The highest BCUT2D eigenvalue weighted by Gasteiger charge is 2.75. The van der Waals surface area contributed by atoms with Crippen LogP contribution in [-0.2, 0) is 28.7 Å². The molecule has 2 saturated heterocycles. The molecule has 0 unspecified atom stereocenters. The van der Waals surface area contributed by atoms with Crippen molar-refractivity contribution in [2.24, 2.45) is 11.8 Å². The minimum atomic E-state index is -1.59. The number of aliphatic hydroxyl groups is 1. The Morgan fingerprint density at radius 3 is 2.41 bits per heavy atom. The van der Waals surface area contributed by atoms with E-state index in [9.17, 15) is 19.5 Å². The second-order valence-electron chi connectivity index (χ2n) is 13.2. The number of cyclic esters (lactones) is 1. The summed E-state index contributed by atoms with van der Waals surface area (Å²) in [5, 5.41) is 14.1. The van der Waals surface area contributed by atoms with Crippen molar-refractivity contribution < 1.29 is 33.8 Å². The number of aliphatic hydroxyl groups excluding tert-OH is 1. The number of ether oxygens (including phenoxy) is 2. The zero-order valence-corrected chi connectivity index (χ0v) is 30.1. The summed E-state index contributed by atoms with van der Waals surface area (Å²) in [5.74, 6) is -4.25. The molecule has 4 aliphatic heterocycles. The third-order valence-electron chi connectivity index (χ3n) is 10.2. The van der Waals surface area contributed by atoms with Gasteiger partial charge in [0.15, 0.2) is 0 Å². The molecule has 0 aliphatic carbocycles. The topological polar surface area (TPSA) is 125 Å². The van der Waals surface area contributed by atoms with E-state index >= 15 is 4.79 Å². The monoisotopic (exact) mass is 773 g/mol. The fourth-order valence-corrected chi connectivity index (χ4v) is 8.96. The molecule has 12 heteroatoms. The summed E-state index contributed by atoms with van der Waals surface area (Å²) >= 11 is 10.4. The molecule has 7 atom stereocenters. The number of anilines is 1. The lowest BCUT2D eigenvalue weighted by atomic mass is 9.74. The van der Waals surface area contributed by atoms with E-state index in [1.807, 2.05) is 43.3 Å². The van der Waals surface area contributed by atoms with Crippen molar-refractivity contribution >= 4 is 56.9 Å². The van der Waals surface area contributed by atoms with E-state index in [1.54, 1.807) is 60.7 Å². The summed E-state index contributed by atoms with van der Waals surface area (Å²) in [5.41, 5.74) is 0.865. The summed E-state index contributed by atoms with van der Waals surface area (Å²) in [4.78, 5) is 60.6. The van der Waals surface area contributed by atoms with Gasteiger partial charge in [-0.1, -0.05) is 112 Å². The molecule has 264 valence electrons. The van der Waals surface area contributed by atoms with Crippen molar-refractivity contribution in [1.82, 2.24) is 10.2 Å². The van der Waals surface area contributed by atoms with Crippen LogP contribution in [0.1, 0.15) is 41.7 Å². The van der Waals surface area contributed by atoms with Crippen LogP contribution < -0.4 is 10.2 Å². The van der Waals surface area contributed by atoms with Crippen molar-refractivity contribution in [2.75, 3.05) is 24.6 Å². The third kappa shape index (κ3) is 6.20. The molecule has 1 spiro atoms. The van der Waals surface area contributed by atoms with Gasteiger partial charge < -0.3 is 29.7 Å². The van der Waals surface area contributed by atoms with Gasteiger partial charge in [0, 0.05) is 17.4 Å². The first-order valence-corrected chi connectivity index (χ1v) is 18.1.